The number of fused-ring (bicyclic) bond motifs is 1. The van der Waals surface area contributed by atoms with Crippen molar-refractivity contribution in [3.05, 3.63) is 29.3 Å². The molecule has 0 bridgehead atoms. The number of hydrogen-bond donors (Lipinski definition) is 1. The second-order valence-corrected chi connectivity index (χ2v) is 6.68. The van der Waals surface area contributed by atoms with Crippen LogP contribution in [0.5, 0.6) is 5.75 Å². The molecule has 1 aliphatic carbocycles. The molecule has 2 rings (SSSR count). The number of aliphatic hydroxyl groups is 1. The highest BCUT2D eigenvalue weighted by atomic mass is 32.2. The fourth-order valence-corrected chi connectivity index (χ4v) is 3.48. The van der Waals surface area contributed by atoms with Crippen molar-refractivity contribution >= 4 is 9.84 Å². The number of hydrogen-bond acceptors (Lipinski definition) is 4. The van der Waals surface area contributed by atoms with Gasteiger partial charge >= 0.3 is 0 Å². The van der Waals surface area contributed by atoms with Crippen LogP contribution in [-0.2, 0) is 16.3 Å². The van der Waals surface area contributed by atoms with Crippen LogP contribution >= 0.6 is 0 Å². The van der Waals surface area contributed by atoms with Gasteiger partial charge in [-0.05, 0) is 36.1 Å². The van der Waals surface area contributed by atoms with Crippen molar-refractivity contribution in [2.24, 2.45) is 0 Å². The normalized spacial score (nSPS) is 24.2. The molecule has 0 saturated carbocycles. The van der Waals surface area contributed by atoms with Gasteiger partial charge in [-0.3, -0.25) is 0 Å². The van der Waals surface area contributed by atoms with Gasteiger partial charge in [0.2, 0.25) is 0 Å². The predicted molar refractivity (Wildman–Crippen MR) is 64.9 cm³/mol. The number of rotatable bonds is 2. The molecule has 1 aliphatic rings. The molecule has 0 aromatic heterocycles. The maximum atomic E-state index is 11.5. The fourth-order valence-electron chi connectivity index (χ4n) is 2.32. The highest BCUT2D eigenvalue weighted by Gasteiger charge is 2.34. The standard InChI is InChI=1S/C12H16O4S/c1-16-9-4-5-10-8(7-9)3-6-11(12(10)13)17(2,14)15/h4-5,7,11-13H,3,6H2,1-2H3. The summed E-state index contributed by atoms with van der Waals surface area (Å²) in [4.78, 5) is 0. The first kappa shape index (κ1) is 12.4. The monoisotopic (exact) mass is 256 g/mol. The predicted octanol–water partition coefficient (Wildman–Crippen LogP) is 1.09. The summed E-state index contributed by atoms with van der Waals surface area (Å²) in [7, 11) is -1.63. The van der Waals surface area contributed by atoms with Gasteiger partial charge in [0.15, 0.2) is 9.84 Å². The van der Waals surface area contributed by atoms with Crippen LogP contribution < -0.4 is 4.74 Å². The lowest BCUT2D eigenvalue weighted by molar-refractivity contribution is 0.159. The van der Waals surface area contributed by atoms with E-state index in [9.17, 15) is 13.5 Å². The van der Waals surface area contributed by atoms with Crippen molar-refractivity contribution in [3.63, 3.8) is 0 Å². The Labute approximate surface area is 101 Å². The van der Waals surface area contributed by atoms with Gasteiger partial charge in [0, 0.05) is 6.26 Å². The van der Waals surface area contributed by atoms with E-state index >= 15 is 0 Å². The third-order valence-corrected chi connectivity index (χ3v) is 4.86. The lowest BCUT2D eigenvalue weighted by Crippen LogP contribution is -2.32. The maximum absolute atomic E-state index is 11.5. The molecule has 0 heterocycles. The van der Waals surface area contributed by atoms with E-state index in [1.54, 1.807) is 19.2 Å². The van der Waals surface area contributed by atoms with Crippen LogP contribution in [0.15, 0.2) is 18.2 Å². The van der Waals surface area contributed by atoms with Crippen LogP contribution in [0, 0.1) is 0 Å². The molecular weight excluding hydrogens is 240 g/mol. The molecule has 1 aromatic carbocycles. The Balaban J connectivity index is 2.40. The Morgan fingerprint density at radius 3 is 2.71 bits per heavy atom. The van der Waals surface area contributed by atoms with Gasteiger partial charge in [0.1, 0.15) is 5.75 Å². The average molecular weight is 256 g/mol. The molecule has 4 nitrogen and oxygen atoms in total. The smallest absolute Gasteiger partial charge is 0.153 e. The van der Waals surface area contributed by atoms with E-state index in [2.05, 4.69) is 0 Å². The lowest BCUT2D eigenvalue weighted by atomic mass is 9.89. The molecule has 2 atom stereocenters. The van der Waals surface area contributed by atoms with Gasteiger partial charge in [-0.1, -0.05) is 6.07 Å². The number of benzene rings is 1. The minimum Gasteiger partial charge on any atom is -0.497 e. The molecule has 0 fully saturated rings. The summed E-state index contributed by atoms with van der Waals surface area (Å²) in [5.41, 5.74) is 1.67. The van der Waals surface area contributed by atoms with Crippen LogP contribution in [0.25, 0.3) is 0 Å². The zero-order valence-corrected chi connectivity index (χ0v) is 10.7. The van der Waals surface area contributed by atoms with E-state index in [1.807, 2.05) is 6.07 Å². The highest BCUT2D eigenvalue weighted by molar-refractivity contribution is 7.91. The fraction of sp³-hybridized carbons (Fsp3) is 0.500. The van der Waals surface area contributed by atoms with E-state index in [-0.39, 0.29) is 0 Å². The van der Waals surface area contributed by atoms with Crippen molar-refractivity contribution in [1.29, 1.82) is 0 Å². The van der Waals surface area contributed by atoms with Crippen molar-refractivity contribution in [3.8, 4) is 5.75 Å². The summed E-state index contributed by atoms with van der Waals surface area (Å²) in [5.74, 6) is 0.730. The van der Waals surface area contributed by atoms with Gasteiger partial charge in [-0.15, -0.1) is 0 Å². The first-order chi connectivity index (χ1) is 7.93. The first-order valence-electron chi connectivity index (χ1n) is 5.47. The van der Waals surface area contributed by atoms with Crippen LogP contribution in [0.2, 0.25) is 0 Å². The van der Waals surface area contributed by atoms with Crippen LogP contribution in [0.4, 0.5) is 0 Å². The molecule has 0 amide bonds. The number of aliphatic hydroxyl groups excluding tert-OH is 1. The zero-order chi connectivity index (χ0) is 12.6. The second kappa shape index (κ2) is 4.31. The van der Waals surface area contributed by atoms with Crippen LogP contribution in [0.1, 0.15) is 23.7 Å². The molecule has 1 N–H and O–H groups in total. The van der Waals surface area contributed by atoms with Crippen molar-refractivity contribution in [2.75, 3.05) is 13.4 Å². The summed E-state index contributed by atoms with van der Waals surface area (Å²) < 4.78 is 28.2. The molecule has 0 spiro atoms. The zero-order valence-electron chi connectivity index (χ0n) is 9.88. The first-order valence-corrected chi connectivity index (χ1v) is 7.42. The van der Waals surface area contributed by atoms with Crippen molar-refractivity contribution < 1.29 is 18.3 Å². The largest absolute Gasteiger partial charge is 0.497 e. The lowest BCUT2D eigenvalue weighted by Gasteiger charge is -2.28. The molecule has 1 aromatic rings. The van der Waals surface area contributed by atoms with Gasteiger partial charge in [-0.2, -0.15) is 0 Å². The summed E-state index contributed by atoms with van der Waals surface area (Å²) in [6.07, 6.45) is 1.36. The Morgan fingerprint density at radius 1 is 1.41 bits per heavy atom. The molecule has 0 aliphatic heterocycles. The minimum atomic E-state index is -3.21. The molecule has 17 heavy (non-hydrogen) atoms. The Hall–Kier alpha value is -1.07. The molecule has 0 radical (unpaired) electrons. The van der Waals surface area contributed by atoms with E-state index in [4.69, 9.17) is 4.74 Å². The topological polar surface area (TPSA) is 63.6 Å². The minimum absolute atomic E-state index is 0.458. The van der Waals surface area contributed by atoms with Crippen LogP contribution in [0.3, 0.4) is 0 Å². The van der Waals surface area contributed by atoms with E-state index < -0.39 is 21.2 Å². The highest BCUT2D eigenvalue weighted by Crippen LogP contribution is 2.35. The second-order valence-electron chi connectivity index (χ2n) is 4.42. The molecule has 0 saturated heterocycles. The SMILES string of the molecule is COc1ccc2c(c1)CCC(S(C)(=O)=O)C2O. The Bertz CT molecular complexity index is 521. The summed E-state index contributed by atoms with van der Waals surface area (Å²) >= 11 is 0. The third-order valence-electron chi connectivity index (χ3n) is 3.27. The Morgan fingerprint density at radius 2 is 2.12 bits per heavy atom. The number of ether oxygens (including phenoxy) is 1. The van der Waals surface area contributed by atoms with Crippen molar-refractivity contribution in [1.82, 2.24) is 0 Å². The maximum Gasteiger partial charge on any atom is 0.153 e. The Kier molecular flexibility index (Phi) is 3.14. The number of sulfone groups is 1. The van der Waals surface area contributed by atoms with E-state index in [0.29, 0.717) is 18.4 Å². The number of methoxy groups -OCH3 is 1. The molecule has 2 unspecified atom stereocenters. The molecule has 5 heteroatoms. The average Bonchev–Trinajstić information content (AvgIpc) is 2.27. The summed E-state index contributed by atoms with van der Waals surface area (Å²) in [6.45, 7) is 0. The van der Waals surface area contributed by atoms with E-state index in [1.165, 1.54) is 6.26 Å². The number of aryl methyl sites for hydroxylation is 1. The van der Waals surface area contributed by atoms with Gasteiger partial charge in [0.05, 0.1) is 18.5 Å². The molecular formula is C12H16O4S. The summed E-state index contributed by atoms with van der Waals surface area (Å²) in [5, 5.41) is 9.41. The third kappa shape index (κ3) is 2.30. The molecule has 94 valence electrons. The van der Waals surface area contributed by atoms with Crippen LogP contribution in [-0.4, -0.2) is 32.1 Å². The van der Waals surface area contributed by atoms with Gasteiger partial charge in [-0.25, -0.2) is 8.42 Å². The van der Waals surface area contributed by atoms with Crippen molar-refractivity contribution in [2.45, 2.75) is 24.2 Å². The van der Waals surface area contributed by atoms with Gasteiger partial charge < -0.3 is 9.84 Å². The van der Waals surface area contributed by atoms with E-state index in [0.717, 1.165) is 11.3 Å². The summed E-state index contributed by atoms with van der Waals surface area (Å²) in [6, 6.07) is 5.35. The quantitative estimate of drug-likeness (QED) is 0.860. The van der Waals surface area contributed by atoms with Gasteiger partial charge in [0.25, 0.3) is 0 Å².